The number of carbonyl (C=O) groups excluding carboxylic acids is 2. The number of nitrogens with zero attached hydrogens (tertiary/aromatic N) is 1. The fraction of sp³-hybridized carbons (Fsp3) is 0.429. The number of rotatable bonds is 3. The molecule has 6 heteroatoms. The van der Waals surface area contributed by atoms with Crippen molar-refractivity contribution in [1.29, 1.82) is 0 Å². The molecule has 0 aliphatic carbocycles. The molecule has 2 unspecified atom stereocenters. The Kier molecular flexibility index (Phi) is 3.66. The van der Waals surface area contributed by atoms with Crippen LogP contribution in [-0.2, 0) is 25.7 Å². The van der Waals surface area contributed by atoms with Gasteiger partial charge in [-0.3, -0.25) is 9.59 Å². The summed E-state index contributed by atoms with van der Waals surface area (Å²) in [4.78, 5) is 25.4. The van der Waals surface area contributed by atoms with Crippen LogP contribution in [0.4, 0.5) is 0 Å². The summed E-state index contributed by atoms with van der Waals surface area (Å²) in [5.74, 6) is -0.609. The average molecular weight is 276 g/mol. The van der Waals surface area contributed by atoms with Crippen molar-refractivity contribution in [2.75, 3.05) is 19.8 Å². The van der Waals surface area contributed by atoms with Gasteiger partial charge in [-0.15, -0.1) is 0 Å². The minimum absolute atomic E-state index is 0.163. The molecule has 1 aromatic rings. The van der Waals surface area contributed by atoms with Crippen molar-refractivity contribution in [2.24, 2.45) is 0 Å². The van der Waals surface area contributed by atoms with Crippen molar-refractivity contribution < 1.29 is 19.1 Å². The highest BCUT2D eigenvalue weighted by molar-refractivity contribution is 5.82. The van der Waals surface area contributed by atoms with E-state index in [9.17, 15) is 9.59 Å². The molecule has 2 saturated heterocycles. The van der Waals surface area contributed by atoms with E-state index in [0.29, 0.717) is 13.1 Å². The Morgan fingerprint density at radius 3 is 2.95 bits per heavy atom. The van der Waals surface area contributed by atoms with Gasteiger partial charge in [-0.1, -0.05) is 30.3 Å². The fourth-order valence-corrected chi connectivity index (χ4v) is 2.49. The maximum absolute atomic E-state index is 12.1. The SMILES string of the molecule is O=C(OCc1ccccc1)C1CNCC2C(=O)OCN12. The zero-order chi connectivity index (χ0) is 13.9. The second kappa shape index (κ2) is 5.60. The van der Waals surface area contributed by atoms with Gasteiger partial charge in [0, 0.05) is 13.1 Å². The molecule has 0 amide bonds. The molecule has 2 atom stereocenters. The lowest BCUT2D eigenvalue weighted by Gasteiger charge is -2.32. The maximum atomic E-state index is 12.1. The molecule has 0 aromatic heterocycles. The van der Waals surface area contributed by atoms with Crippen molar-refractivity contribution >= 4 is 11.9 Å². The lowest BCUT2D eigenvalue weighted by molar-refractivity contribution is -0.153. The van der Waals surface area contributed by atoms with E-state index in [1.807, 2.05) is 30.3 Å². The van der Waals surface area contributed by atoms with Crippen LogP contribution < -0.4 is 5.32 Å². The number of hydrogen-bond donors (Lipinski definition) is 1. The third-order valence-electron chi connectivity index (χ3n) is 3.60. The van der Waals surface area contributed by atoms with E-state index in [4.69, 9.17) is 9.47 Å². The van der Waals surface area contributed by atoms with Crippen LogP contribution in [0.2, 0.25) is 0 Å². The van der Waals surface area contributed by atoms with Gasteiger partial charge in [0.15, 0.2) is 0 Å². The molecular formula is C14H16N2O4. The molecule has 2 fully saturated rings. The van der Waals surface area contributed by atoms with Gasteiger partial charge in [-0.2, -0.15) is 0 Å². The van der Waals surface area contributed by atoms with Crippen molar-refractivity contribution in [3.05, 3.63) is 35.9 Å². The van der Waals surface area contributed by atoms with E-state index >= 15 is 0 Å². The number of benzene rings is 1. The number of hydrogen-bond acceptors (Lipinski definition) is 6. The van der Waals surface area contributed by atoms with Crippen LogP contribution in [0.3, 0.4) is 0 Å². The van der Waals surface area contributed by atoms with Crippen molar-refractivity contribution in [2.45, 2.75) is 18.7 Å². The van der Waals surface area contributed by atoms with E-state index in [2.05, 4.69) is 5.32 Å². The molecule has 2 heterocycles. The molecule has 3 rings (SSSR count). The van der Waals surface area contributed by atoms with Crippen LogP contribution in [0.1, 0.15) is 5.56 Å². The number of fused-ring (bicyclic) bond motifs is 1. The minimum atomic E-state index is -0.469. The second-order valence-corrected chi connectivity index (χ2v) is 4.89. The van der Waals surface area contributed by atoms with Gasteiger partial charge in [-0.05, 0) is 5.56 Å². The number of esters is 2. The number of carbonyl (C=O) groups is 2. The normalized spacial score (nSPS) is 25.9. The number of ether oxygens (including phenoxy) is 2. The van der Waals surface area contributed by atoms with Gasteiger partial charge >= 0.3 is 11.9 Å². The third-order valence-corrected chi connectivity index (χ3v) is 3.60. The number of cyclic esters (lactones) is 1. The first-order valence-electron chi connectivity index (χ1n) is 6.59. The quantitative estimate of drug-likeness (QED) is 0.777. The summed E-state index contributed by atoms with van der Waals surface area (Å²) >= 11 is 0. The van der Waals surface area contributed by atoms with Gasteiger partial charge < -0.3 is 14.8 Å². The smallest absolute Gasteiger partial charge is 0.326 e. The largest absolute Gasteiger partial charge is 0.460 e. The Morgan fingerprint density at radius 1 is 1.35 bits per heavy atom. The van der Waals surface area contributed by atoms with Crippen molar-refractivity contribution in [3.8, 4) is 0 Å². The molecule has 0 saturated carbocycles. The first-order valence-corrected chi connectivity index (χ1v) is 6.59. The Morgan fingerprint density at radius 2 is 2.15 bits per heavy atom. The van der Waals surface area contributed by atoms with Gasteiger partial charge in [0.25, 0.3) is 0 Å². The van der Waals surface area contributed by atoms with Gasteiger partial charge in [0.1, 0.15) is 25.4 Å². The first-order chi connectivity index (χ1) is 9.75. The fourth-order valence-electron chi connectivity index (χ4n) is 2.49. The molecule has 2 aliphatic heterocycles. The van der Waals surface area contributed by atoms with E-state index in [-0.39, 0.29) is 31.3 Å². The molecule has 2 aliphatic rings. The van der Waals surface area contributed by atoms with Crippen LogP contribution in [0.15, 0.2) is 30.3 Å². The van der Waals surface area contributed by atoms with Crippen molar-refractivity contribution in [3.63, 3.8) is 0 Å². The molecular weight excluding hydrogens is 260 g/mol. The van der Waals surface area contributed by atoms with E-state index in [1.165, 1.54) is 0 Å². The Labute approximate surface area is 116 Å². The van der Waals surface area contributed by atoms with Gasteiger partial charge in [-0.25, -0.2) is 4.90 Å². The van der Waals surface area contributed by atoms with Crippen molar-refractivity contribution in [1.82, 2.24) is 10.2 Å². The predicted octanol–water partition coefficient (Wildman–Crippen LogP) is -0.113. The lowest BCUT2D eigenvalue weighted by Crippen LogP contribution is -2.59. The molecule has 1 aromatic carbocycles. The van der Waals surface area contributed by atoms with E-state index in [0.717, 1.165) is 5.56 Å². The molecule has 1 N–H and O–H groups in total. The minimum Gasteiger partial charge on any atom is -0.460 e. The van der Waals surface area contributed by atoms with E-state index < -0.39 is 6.04 Å². The molecule has 0 spiro atoms. The molecule has 20 heavy (non-hydrogen) atoms. The summed E-state index contributed by atoms with van der Waals surface area (Å²) < 4.78 is 10.3. The van der Waals surface area contributed by atoms with Crippen LogP contribution in [0.5, 0.6) is 0 Å². The number of piperazine rings is 1. The monoisotopic (exact) mass is 276 g/mol. The van der Waals surface area contributed by atoms with Crippen LogP contribution in [-0.4, -0.2) is 48.7 Å². The van der Waals surface area contributed by atoms with Gasteiger partial charge in [0.2, 0.25) is 0 Å². The summed E-state index contributed by atoms with van der Waals surface area (Å²) in [7, 11) is 0. The second-order valence-electron chi connectivity index (χ2n) is 4.89. The molecule has 106 valence electrons. The number of nitrogens with one attached hydrogen (secondary N) is 1. The van der Waals surface area contributed by atoms with Gasteiger partial charge in [0.05, 0.1) is 0 Å². The highest BCUT2D eigenvalue weighted by atomic mass is 16.6. The zero-order valence-electron chi connectivity index (χ0n) is 11.0. The topological polar surface area (TPSA) is 67.9 Å². The maximum Gasteiger partial charge on any atom is 0.326 e. The summed E-state index contributed by atoms with van der Waals surface area (Å²) in [6, 6.07) is 8.66. The van der Waals surface area contributed by atoms with Crippen LogP contribution >= 0.6 is 0 Å². The van der Waals surface area contributed by atoms with Crippen LogP contribution in [0, 0.1) is 0 Å². The Hall–Kier alpha value is -1.92. The molecule has 0 bridgehead atoms. The summed E-state index contributed by atoms with van der Waals surface area (Å²) in [6.45, 7) is 1.39. The van der Waals surface area contributed by atoms with Crippen LogP contribution in [0.25, 0.3) is 0 Å². The highest BCUT2D eigenvalue weighted by Crippen LogP contribution is 2.19. The summed E-state index contributed by atoms with van der Waals surface area (Å²) in [5.41, 5.74) is 0.940. The summed E-state index contributed by atoms with van der Waals surface area (Å²) in [5, 5.41) is 3.07. The molecule has 6 nitrogen and oxygen atoms in total. The highest BCUT2D eigenvalue weighted by Gasteiger charge is 2.44. The first kappa shape index (κ1) is 13.1. The Balaban J connectivity index is 1.61. The average Bonchev–Trinajstić information content (AvgIpc) is 2.87. The predicted molar refractivity (Wildman–Crippen MR) is 69.5 cm³/mol. The zero-order valence-corrected chi connectivity index (χ0v) is 11.0. The standard InChI is InChI=1S/C14H16N2O4/c17-13(19-8-10-4-2-1-3-5-10)11-6-15-7-12-14(18)20-9-16(11)12/h1-5,11-12,15H,6-9H2. The third kappa shape index (κ3) is 2.52. The summed E-state index contributed by atoms with van der Waals surface area (Å²) in [6.07, 6.45) is 0. The molecule has 0 radical (unpaired) electrons. The Bertz CT molecular complexity index is 505. The van der Waals surface area contributed by atoms with E-state index in [1.54, 1.807) is 4.90 Å². The lowest BCUT2D eigenvalue weighted by atomic mass is 10.1.